The minimum absolute atomic E-state index is 0.219. The first-order chi connectivity index (χ1) is 14.8. The van der Waals surface area contributed by atoms with Crippen LogP contribution in [0.1, 0.15) is 18.3 Å². The number of benzene rings is 2. The van der Waals surface area contributed by atoms with Gasteiger partial charge in [-0.25, -0.2) is 9.78 Å². The molecule has 10 heteroatoms. The van der Waals surface area contributed by atoms with E-state index >= 15 is 0 Å². The maximum absolute atomic E-state index is 12.9. The van der Waals surface area contributed by atoms with Crippen molar-refractivity contribution in [3.05, 3.63) is 61.6 Å². The lowest BCUT2D eigenvalue weighted by atomic mass is 10.2. The molecule has 162 valence electrons. The summed E-state index contributed by atoms with van der Waals surface area (Å²) < 4.78 is 17.6. The molecule has 0 aliphatic carbocycles. The first-order valence-corrected chi connectivity index (χ1v) is 10.4. The minimum atomic E-state index is -0.547. The molecule has 0 aliphatic heterocycles. The Balaban J connectivity index is 1.99. The third-order valence-electron chi connectivity index (χ3n) is 4.19. The van der Waals surface area contributed by atoms with Crippen molar-refractivity contribution in [3.8, 4) is 11.5 Å². The molecule has 2 aromatic carbocycles. The lowest BCUT2D eigenvalue weighted by Crippen LogP contribution is -2.20. The highest BCUT2D eigenvalue weighted by molar-refractivity contribution is 9.10. The third kappa shape index (κ3) is 5.23. The van der Waals surface area contributed by atoms with Gasteiger partial charge in [0, 0.05) is 4.47 Å². The average molecular weight is 509 g/mol. The summed E-state index contributed by atoms with van der Waals surface area (Å²) in [5.41, 5.74) is 0.861. The molecule has 0 spiro atoms. The number of fused-ring (bicyclic) bond motifs is 1. The molecule has 0 bridgehead atoms. The summed E-state index contributed by atoms with van der Waals surface area (Å²) in [6.45, 7) is 3.55. The lowest BCUT2D eigenvalue weighted by Gasteiger charge is -2.13. The Morgan fingerprint density at radius 3 is 2.77 bits per heavy atom. The Hall–Kier alpha value is -2.91. The van der Waals surface area contributed by atoms with E-state index in [2.05, 4.69) is 30.8 Å². The fourth-order valence-corrected chi connectivity index (χ4v) is 3.41. The van der Waals surface area contributed by atoms with Crippen LogP contribution in [0, 0.1) is 6.92 Å². The van der Waals surface area contributed by atoms with E-state index < -0.39 is 5.97 Å². The quantitative estimate of drug-likeness (QED) is 0.354. The molecule has 0 aliphatic rings. The van der Waals surface area contributed by atoms with Crippen molar-refractivity contribution in [2.45, 2.75) is 13.8 Å². The normalized spacial score (nSPS) is 11.1. The second-order valence-corrected chi connectivity index (χ2v) is 7.63. The number of nitrogens with zero attached hydrogens (tertiary/aromatic N) is 3. The second kappa shape index (κ2) is 9.93. The van der Waals surface area contributed by atoms with Crippen molar-refractivity contribution in [3.63, 3.8) is 0 Å². The molecule has 0 atom stereocenters. The smallest absolute Gasteiger partial charge is 0.343 e. The zero-order chi connectivity index (χ0) is 22.5. The molecule has 0 unspecified atom stereocenters. The van der Waals surface area contributed by atoms with Crippen LogP contribution in [0.3, 0.4) is 0 Å². The summed E-state index contributed by atoms with van der Waals surface area (Å²) in [4.78, 5) is 28.7. The topological polar surface area (TPSA) is 92.0 Å². The Morgan fingerprint density at radius 1 is 1.29 bits per heavy atom. The number of aryl methyl sites for hydroxylation is 1. The summed E-state index contributed by atoms with van der Waals surface area (Å²) in [5, 5.41) is 4.95. The molecule has 0 amide bonds. The van der Waals surface area contributed by atoms with Gasteiger partial charge in [-0.05, 0) is 49.7 Å². The third-order valence-corrected chi connectivity index (χ3v) is 4.96. The number of aromatic nitrogens is 2. The van der Waals surface area contributed by atoms with E-state index in [-0.39, 0.29) is 22.9 Å². The average Bonchev–Trinajstić information content (AvgIpc) is 2.73. The summed E-state index contributed by atoms with van der Waals surface area (Å²) in [6, 6.07) is 8.53. The van der Waals surface area contributed by atoms with Crippen LogP contribution < -0.4 is 15.0 Å². The standard InChI is InChI=1S/C21H19BrClN3O5/c1-4-30-18-8-13(7-16(23)20(18)31-11-19(27)29-3)10-24-26-12(2)25-17-6-5-14(22)9-15(17)21(26)28/h5-10H,4,11H2,1-3H3. The first kappa shape index (κ1) is 22.8. The van der Waals surface area contributed by atoms with Gasteiger partial charge in [-0.1, -0.05) is 27.5 Å². The van der Waals surface area contributed by atoms with E-state index in [4.69, 9.17) is 21.1 Å². The van der Waals surface area contributed by atoms with Crippen molar-refractivity contribution < 1.29 is 19.0 Å². The molecule has 8 nitrogen and oxygen atoms in total. The van der Waals surface area contributed by atoms with Gasteiger partial charge in [0.15, 0.2) is 18.1 Å². The Kier molecular flexibility index (Phi) is 7.29. The maximum Gasteiger partial charge on any atom is 0.343 e. The van der Waals surface area contributed by atoms with Gasteiger partial charge in [-0.15, -0.1) is 0 Å². The van der Waals surface area contributed by atoms with Gasteiger partial charge < -0.3 is 14.2 Å². The van der Waals surface area contributed by atoms with Crippen molar-refractivity contribution in [2.75, 3.05) is 20.3 Å². The van der Waals surface area contributed by atoms with Gasteiger partial charge in [-0.3, -0.25) is 4.79 Å². The van der Waals surface area contributed by atoms with E-state index in [1.807, 2.05) is 6.07 Å². The van der Waals surface area contributed by atoms with Gasteiger partial charge >= 0.3 is 5.97 Å². The van der Waals surface area contributed by atoms with E-state index in [1.165, 1.54) is 18.0 Å². The van der Waals surface area contributed by atoms with Gasteiger partial charge in [0.2, 0.25) is 0 Å². The van der Waals surface area contributed by atoms with Crippen LogP contribution in [-0.2, 0) is 9.53 Å². The maximum atomic E-state index is 12.9. The molecule has 0 saturated carbocycles. The highest BCUT2D eigenvalue weighted by Crippen LogP contribution is 2.36. The molecular weight excluding hydrogens is 490 g/mol. The van der Waals surface area contributed by atoms with Crippen molar-refractivity contribution in [2.24, 2.45) is 5.10 Å². The van der Waals surface area contributed by atoms with Crippen LogP contribution in [0.4, 0.5) is 0 Å². The second-order valence-electron chi connectivity index (χ2n) is 6.31. The van der Waals surface area contributed by atoms with Gasteiger partial charge in [0.05, 0.1) is 35.9 Å². The predicted molar refractivity (Wildman–Crippen MR) is 122 cm³/mol. The van der Waals surface area contributed by atoms with Crippen LogP contribution >= 0.6 is 27.5 Å². The predicted octanol–water partition coefficient (Wildman–Crippen LogP) is 3.95. The number of carbonyl (C=O) groups is 1. The van der Waals surface area contributed by atoms with Crippen LogP contribution in [0.5, 0.6) is 11.5 Å². The highest BCUT2D eigenvalue weighted by atomic mass is 79.9. The number of esters is 1. The van der Waals surface area contributed by atoms with Crippen LogP contribution in [0.2, 0.25) is 5.02 Å². The fourth-order valence-electron chi connectivity index (χ4n) is 2.78. The van der Waals surface area contributed by atoms with E-state index in [0.717, 1.165) is 4.47 Å². The highest BCUT2D eigenvalue weighted by Gasteiger charge is 2.14. The molecule has 1 heterocycles. The Morgan fingerprint density at radius 2 is 2.06 bits per heavy atom. The summed E-state index contributed by atoms with van der Waals surface area (Å²) in [7, 11) is 1.26. The number of carbonyl (C=O) groups excluding carboxylic acids is 1. The Labute approximate surface area is 191 Å². The Bertz CT molecular complexity index is 1230. The molecule has 0 fully saturated rings. The number of halogens is 2. The summed E-state index contributed by atoms with van der Waals surface area (Å²) in [6.07, 6.45) is 1.47. The summed E-state index contributed by atoms with van der Waals surface area (Å²) >= 11 is 9.70. The van der Waals surface area contributed by atoms with Gasteiger partial charge in [-0.2, -0.15) is 9.78 Å². The lowest BCUT2D eigenvalue weighted by molar-refractivity contribution is -0.142. The first-order valence-electron chi connectivity index (χ1n) is 9.23. The van der Waals surface area contributed by atoms with E-state index in [0.29, 0.717) is 34.6 Å². The van der Waals surface area contributed by atoms with E-state index in [9.17, 15) is 9.59 Å². The van der Waals surface area contributed by atoms with E-state index in [1.54, 1.807) is 38.1 Å². The summed E-state index contributed by atoms with van der Waals surface area (Å²) in [5.74, 6) is 0.446. The number of methoxy groups -OCH3 is 1. The van der Waals surface area contributed by atoms with Crippen molar-refractivity contribution >= 4 is 50.6 Å². The molecule has 3 rings (SSSR count). The molecule has 0 saturated heterocycles. The molecule has 0 radical (unpaired) electrons. The number of rotatable bonds is 7. The largest absolute Gasteiger partial charge is 0.490 e. The molecule has 1 aromatic heterocycles. The molecule has 0 N–H and O–H groups in total. The van der Waals surface area contributed by atoms with Crippen molar-refractivity contribution in [1.29, 1.82) is 0 Å². The van der Waals surface area contributed by atoms with Crippen molar-refractivity contribution in [1.82, 2.24) is 9.66 Å². The van der Waals surface area contributed by atoms with Gasteiger partial charge in [0.25, 0.3) is 5.56 Å². The number of ether oxygens (including phenoxy) is 3. The monoisotopic (exact) mass is 507 g/mol. The fraction of sp³-hybridized carbons (Fsp3) is 0.238. The van der Waals surface area contributed by atoms with Crippen LogP contribution in [0.25, 0.3) is 10.9 Å². The number of hydrogen-bond donors (Lipinski definition) is 0. The van der Waals surface area contributed by atoms with Crippen LogP contribution in [0.15, 0.2) is 44.7 Å². The molecule has 3 aromatic rings. The van der Waals surface area contributed by atoms with Gasteiger partial charge in [0.1, 0.15) is 5.82 Å². The SMILES string of the molecule is CCOc1cc(C=Nn2c(C)nc3ccc(Br)cc3c2=O)cc(Cl)c1OCC(=O)OC. The zero-order valence-electron chi connectivity index (χ0n) is 17.0. The number of hydrogen-bond acceptors (Lipinski definition) is 7. The molecular formula is C21H19BrClN3O5. The zero-order valence-corrected chi connectivity index (χ0v) is 19.4. The minimum Gasteiger partial charge on any atom is -0.490 e. The molecule has 31 heavy (non-hydrogen) atoms. The van der Waals surface area contributed by atoms with Crippen LogP contribution in [-0.4, -0.2) is 42.2 Å².